The van der Waals surface area contributed by atoms with Gasteiger partial charge in [0.05, 0.1) is 6.04 Å². The van der Waals surface area contributed by atoms with Crippen molar-refractivity contribution in [2.75, 3.05) is 91.6 Å². The molecular formula is C69H119N17O2. The van der Waals surface area contributed by atoms with Gasteiger partial charge in [-0.15, -0.1) is 0 Å². The summed E-state index contributed by atoms with van der Waals surface area (Å²) in [6, 6.07) is 0.400. The minimum absolute atomic E-state index is 0.317. The summed E-state index contributed by atoms with van der Waals surface area (Å²) in [5.74, 6) is 7.18. The van der Waals surface area contributed by atoms with Gasteiger partial charge in [0.2, 0.25) is 0 Å². The second-order valence-corrected chi connectivity index (χ2v) is 24.2. The molecule has 1 aromatic rings. The van der Waals surface area contributed by atoms with Gasteiger partial charge in [-0.25, -0.2) is 10.0 Å². The number of rotatable bonds is 0. The standard InChI is InChI=1S/C9H16N2.C9H15N.C9H13N.2C8H14N2.C8H15NO.C8H13NO.C6H11N3.C4H8N4/c1-7-6-8(2)10(4)11(5)9(7)3;2*1-6-7(2)9(4)10(5)8(6)3;2*1-6-7(2)10(5)8(3)9(6)4;2*1-5-6(2)8(10)9(4)7(5)3;1-5-7-9(4)6(2)8(5)3;1-4-7(2)5-6-8(4)3/h7H,2-3,6H2,1,4-5H3;6-7H,3-4H2,1-2,5H3;3-4H2,1-2,5H3;3H2,1-2,4-5H3;7H,1,3H2,2,4-5H3;5-6,8,10H,3H2,1-2,4H3;8,10H,3H2,1-2,4H3;2H2,1,3-4H3;1H2,2-3H3. The number of likely N-dealkylation sites (N-methyl/N-ethyl adjacent to an activating group) is 3. The van der Waals surface area contributed by atoms with E-state index in [0.29, 0.717) is 35.6 Å². The molecule has 9 rings (SSSR count). The molecule has 1 aromatic heterocycles. The molecule has 8 atom stereocenters. The van der Waals surface area contributed by atoms with Crippen LogP contribution in [-0.4, -0.2) is 195 Å². The normalized spacial score (nSPS) is 24.8. The molecule has 19 nitrogen and oxygen atoms in total. The number of hydrazine groups is 1. The molecule has 8 unspecified atom stereocenters. The lowest BCUT2D eigenvalue weighted by Gasteiger charge is -2.42. The second-order valence-electron chi connectivity index (χ2n) is 24.2. The fraction of sp³-hybridized carbons (Fsp3) is 0.522. The quantitative estimate of drug-likeness (QED) is 0.256. The van der Waals surface area contributed by atoms with E-state index in [1.807, 2.05) is 137 Å². The summed E-state index contributed by atoms with van der Waals surface area (Å²) in [5, 5.41) is 41.6. The predicted octanol–water partition coefficient (Wildman–Crippen LogP) is 10.8. The Labute approximate surface area is 534 Å². The smallest absolute Gasteiger partial charge is 0.149 e. The Hall–Kier alpha value is -7.77. The highest BCUT2D eigenvalue weighted by Gasteiger charge is 2.35. The monoisotopic (exact) mass is 1220 g/mol. The predicted molar refractivity (Wildman–Crippen MR) is 373 cm³/mol. The zero-order valence-corrected chi connectivity index (χ0v) is 60.0. The van der Waals surface area contributed by atoms with E-state index in [4.69, 9.17) is 0 Å². The fourth-order valence-corrected chi connectivity index (χ4v) is 9.73. The minimum Gasteiger partial charge on any atom is -0.373 e. The third kappa shape index (κ3) is 17.9. The SMILES string of the molecule is C=C1C(C)=C(C)C(O)N1C.C=C1C(C)C(C)C(=C)N1C.C=C1C(C)C(C)C(O)N1C.C=C1C(C)N(C)C(=C)N1C.C=C1CC(C)C(=C)N(C)N1C.C=C1N(C)C(C)=C(C)N1C.C=C1N(C)N=C(C)N1C.C=C1N(C)N=NN1C.C=c1c(C)c(C)c(=C)n1C. The van der Waals surface area contributed by atoms with Crippen molar-refractivity contribution in [1.29, 1.82) is 0 Å². The fourth-order valence-electron chi connectivity index (χ4n) is 9.73. The topological polar surface area (TPSA) is 125 Å². The van der Waals surface area contributed by atoms with Crippen LogP contribution in [0.4, 0.5) is 0 Å². The van der Waals surface area contributed by atoms with Crippen molar-refractivity contribution in [1.82, 2.24) is 68.8 Å². The lowest BCUT2D eigenvalue weighted by atomic mass is 9.97. The van der Waals surface area contributed by atoms with Gasteiger partial charge in [0.1, 0.15) is 41.6 Å². The number of aliphatic hydroxyl groups is 2. The zero-order valence-electron chi connectivity index (χ0n) is 60.0. The third-order valence-corrected chi connectivity index (χ3v) is 19.4. The van der Waals surface area contributed by atoms with Crippen molar-refractivity contribution < 1.29 is 10.2 Å². The van der Waals surface area contributed by atoms with Crippen LogP contribution in [-0.2, 0) is 7.05 Å². The lowest BCUT2D eigenvalue weighted by Crippen LogP contribution is -2.41. The molecule has 2 N–H and O–H groups in total. The molecule has 0 amide bonds. The molecule has 88 heavy (non-hydrogen) atoms. The molecule has 8 aliphatic heterocycles. The Bertz CT molecular complexity index is 2880. The van der Waals surface area contributed by atoms with E-state index in [9.17, 15) is 10.2 Å². The average Bonchev–Trinajstić information content (AvgIpc) is 3.38. The number of likely N-dealkylation sites (tertiary alicyclic amines) is 2. The first-order chi connectivity index (χ1) is 40.2. The van der Waals surface area contributed by atoms with Gasteiger partial charge in [0.15, 0.2) is 0 Å². The molecule has 0 aromatic carbocycles. The Morgan fingerprint density at radius 3 is 1.01 bits per heavy atom. The number of hydrazone groups is 1. The maximum absolute atomic E-state index is 9.47. The molecule has 0 radical (unpaired) electrons. The largest absolute Gasteiger partial charge is 0.373 e. The number of nitrogens with zero attached hydrogens (tertiary/aromatic N) is 17. The summed E-state index contributed by atoms with van der Waals surface area (Å²) < 4.78 is 2.02. The van der Waals surface area contributed by atoms with Crippen molar-refractivity contribution >= 4 is 19.0 Å². The molecule has 0 bridgehead atoms. The van der Waals surface area contributed by atoms with Crippen molar-refractivity contribution in [3.8, 4) is 0 Å². The van der Waals surface area contributed by atoms with Crippen LogP contribution in [0.1, 0.15) is 93.7 Å². The van der Waals surface area contributed by atoms with Gasteiger partial charge >= 0.3 is 0 Å². The van der Waals surface area contributed by atoms with E-state index in [0.717, 1.165) is 80.2 Å². The highest BCUT2D eigenvalue weighted by atomic mass is 16.3. The summed E-state index contributed by atoms with van der Waals surface area (Å²) in [5.41, 5.74) is 15.0. The first-order valence-corrected chi connectivity index (χ1v) is 29.8. The summed E-state index contributed by atoms with van der Waals surface area (Å²) in [6.07, 6.45) is 0.245. The van der Waals surface area contributed by atoms with Gasteiger partial charge in [-0.3, -0.25) is 15.0 Å². The molecule has 492 valence electrons. The van der Waals surface area contributed by atoms with Gasteiger partial charge in [-0.1, -0.05) is 120 Å². The van der Waals surface area contributed by atoms with E-state index >= 15 is 0 Å². The van der Waals surface area contributed by atoms with Gasteiger partial charge in [-0.2, -0.15) is 5.10 Å². The summed E-state index contributed by atoms with van der Waals surface area (Å²) in [7, 11) is 27.3. The van der Waals surface area contributed by atoms with Crippen LogP contribution in [0, 0.1) is 43.4 Å². The van der Waals surface area contributed by atoms with E-state index in [1.54, 1.807) is 34.0 Å². The molecule has 8 aliphatic rings. The number of aliphatic hydroxyl groups excluding tert-OH is 2. The van der Waals surface area contributed by atoms with Crippen LogP contribution in [0.2, 0.25) is 0 Å². The zero-order chi connectivity index (χ0) is 69.1. The summed E-state index contributed by atoms with van der Waals surface area (Å²) in [6.45, 7) is 77.8. The maximum atomic E-state index is 9.47. The number of hydrogen-bond donors (Lipinski definition) is 2. The van der Waals surface area contributed by atoms with Gasteiger partial charge in [-0.05, 0) is 94.5 Å². The first-order valence-electron chi connectivity index (χ1n) is 29.8. The molecule has 19 heteroatoms. The third-order valence-electron chi connectivity index (χ3n) is 19.4. The van der Waals surface area contributed by atoms with Crippen LogP contribution < -0.4 is 10.7 Å². The minimum atomic E-state index is -0.451. The molecule has 9 heterocycles. The first kappa shape index (κ1) is 78.2. The highest BCUT2D eigenvalue weighted by Crippen LogP contribution is 2.37. The second kappa shape index (κ2) is 32.5. The van der Waals surface area contributed by atoms with E-state index in [-0.39, 0.29) is 6.23 Å². The van der Waals surface area contributed by atoms with Gasteiger partial charge < -0.3 is 54.0 Å². The molecular weight excluding hydrogens is 1100 g/mol. The number of allylic oxidation sites excluding steroid dienone is 8. The highest BCUT2D eigenvalue weighted by molar-refractivity contribution is 5.82. The Morgan fingerprint density at radius 2 is 0.852 bits per heavy atom. The van der Waals surface area contributed by atoms with Crippen molar-refractivity contribution in [2.45, 2.75) is 115 Å². The molecule has 4 fully saturated rings. The van der Waals surface area contributed by atoms with Crippen LogP contribution in [0.15, 0.2) is 174 Å². The molecule has 0 aliphatic carbocycles. The van der Waals surface area contributed by atoms with E-state index < -0.39 is 6.23 Å². The van der Waals surface area contributed by atoms with E-state index in [1.165, 1.54) is 39.6 Å². The van der Waals surface area contributed by atoms with Crippen molar-refractivity contribution in [3.05, 3.63) is 180 Å². The number of amidine groups is 1. The van der Waals surface area contributed by atoms with Gasteiger partial charge in [0, 0.05) is 190 Å². The maximum Gasteiger partial charge on any atom is 0.149 e. The molecule has 0 saturated carbocycles. The summed E-state index contributed by atoms with van der Waals surface area (Å²) in [4.78, 5) is 16.0. The molecule has 4 saturated heterocycles. The Kier molecular flexibility index (Phi) is 28.9. The van der Waals surface area contributed by atoms with Crippen LogP contribution in [0.5, 0.6) is 0 Å². The van der Waals surface area contributed by atoms with Crippen LogP contribution >= 0.6 is 0 Å². The summed E-state index contributed by atoms with van der Waals surface area (Å²) >= 11 is 0. The van der Waals surface area contributed by atoms with Crippen molar-refractivity contribution in [3.63, 3.8) is 0 Å². The molecule has 0 spiro atoms. The van der Waals surface area contributed by atoms with Gasteiger partial charge in [0.25, 0.3) is 0 Å². The Balaban J connectivity index is 0.000000495. The lowest BCUT2D eigenvalue weighted by molar-refractivity contribution is 0.0347. The van der Waals surface area contributed by atoms with Crippen LogP contribution in [0.25, 0.3) is 13.2 Å². The number of hydrogen-bond acceptors (Lipinski definition) is 18. The van der Waals surface area contributed by atoms with E-state index in [2.05, 4.69) is 188 Å². The van der Waals surface area contributed by atoms with Crippen molar-refractivity contribution in [2.24, 2.45) is 52.2 Å². The number of aromatic nitrogens is 1. The Morgan fingerprint density at radius 1 is 0.420 bits per heavy atom. The average molecular weight is 1220 g/mol. The van der Waals surface area contributed by atoms with Crippen LogP contribution in [0.3, 0.4) is 0 Å².